The molecule has 1 aromatic heterocycles. The molecule has 3 rings (SSSR count). The molecule has 7 heteroatoms. The average Bonchev–Trinajstić information content (AvgIpc) is 2.81. The van der Waals surface area contributed by atoms with Crippen LogP contribution in [0.1, 0.15) is 21.6 Å². The molecule has 1 amide bonds. The normalized spacial score (nSPS) is 15.2. The van der Waals surface area contributed by atoms with Gasteiger partial charge in [-0.3, -0.25) is 9.48 Å². The van der Waals surface area contributed by atoms with Crippen LogP contribution in [-0.2, 0) is 19.6 Å². The third kappa shape index (κ3) is 2.28. The Morgan fingerprint density at radius 2 is 1.95 bits per heavy atom. The fraction of sp³-hybridized carbons (Fsp3) is 0.286. The van der Waals surface area contributed by atoms with Crippen LogP contribution in [0, 0.1) is 0 Å². The maximum atomic E-state index is 13.0. The molecule has 1 aliphatic heterocycles. The first kappa shape index (κ1) is 13.7. The van der Waals surface area contributed by atoms with E-state index in [1.165, 1.54) is 13.2 Å². The Bertz CT molecular complexity index is 706. The van der Waals surface area contributed by atoms with Crippen LogP contribution in [0.4, 0.5) is 18.9 Å². The molecule has 0 N–H and O–H groups in total. The fourth-order valence-corrected chi connectivity index (χ4v) is 2.53. The van der Waals surface area contributed by atoms with Gasteiger partial charge in [0.05, 0.1) is 5.69 Å². The molecule has 2 aromatic rings. The Morgan fingerprint density at radius 1 is 1.24 bits per heavy atom. The van der Waals surface area contributed by atoms with Gasteiger partial charge in [-0.25, -0.2) is 0 Å². The molecule has 0 fully saturated rings. The number of nitrogens with zero attached hydrogens (tertiary/aromatic N) is 3. The summed E-state index contributed by atoms with van der Waals surface area (Å²) in [5.41, 5.74) is 0.0826. The Hall–Kier alpha value is -2.31. The second-order valence-electron chi connectivity index (χ2n) is 4.90. The van der Waals surface area contributed by atoms with E-state index in [0.717, 1.165) is 15.1 Å². The van der Waals surface area contributed by atoms with Gasteiger partial charge >= 0.3 is 6.18 Å². The molecule has 0 atom stereocenters. The molecule has 1 aliphatic rings. The summed E-state index contributed by atoms with van der Waals surface area (Å²) >= 11 is 0. The summed E-state index contributed by atoms with van der Waals surface area (Å²) in [6.07, 6.45) is -2.84. The van der Waals surface area contributed by atoms with E-state index in [0.29, 0.717) is 12.0 Å². The highest BCUT2D eigenvalue weighted by Gasteiger charge is 2.40. The second-order valence-corrected chi connectivity index (χ2v) is 4.90. The summed E-state index contributed by atoms with van der Waals surface area (Å²) in [5, 5.41) is 3.45. The first-order valence-corrected chi connectivity index (χ1v) is 6.38. The number of carbonyl (C=O) groups is 1. The van der Waals surface area contributed by atoms with E-state index in [9.17, 15) is 18.0 Å². The van der Waals surface area contributed by atoms with Gasteiger partial charge in [-0.2, -0.15) is 18.3 Å². The number of rotatable bonds is 1. The van der Waals surface area contributed by atoms with Crippen LogP contribution in [0.15, 0.2) is 30.5 Å². The van der Waals surface area contributed by atoms with E-state index in [-0.39, 0.29) is 12.2 Å². The van der Waals surface area contributed by atoms with Gasteiger partial charge in [-0.05, 0) is 18.1 Å². The maximum absolute atomic E-state index is 13.0. The van der Waals surface area contributed by atoms with Gasteiger partial charge in [0.15, 0.2) is 5.69 Å². The quantitative estimate of drug-likeness (QED) is 0.811. The monoisotopic (exact) mass is 295 g/mol. The van der Waals surface area contributed by atoms with E-state index in [1.807, 2.05) is 12.1 Å². The van der Waals surface area contributed by atoms with Crippen LogP contribution in [-0.4, -0.2) is 22.2 Å². The first-order valence-electron chi connectivity index (χ1n) is 6.38. The molecule has 0 saturated carbocycles. The number of anilines is 1. The van der Waals surface area contributed by atoms with E-state index >= 15 is 0 Å². The molecule has 0 unspecified atom stereocenters. The molecule has 110 valence electrons. The zero-order valence-electron chi connectivity index (χ0n) is 11.2. The zero-order chi connectivity index (χ0) is 15.2. The summed E-state index contributed by atoms with van der Waals surface area (Å²) in [4.78, 5) is 13.6. The Morgan fingerprint density at radius 3 is 2.67 bits per heavy atom. The number of amides is 1. The predicted octanol–water partition coefficient (Wildman–Crippen LogP) is 2.64. The number of aryl methyl sites for hydroxylation is 1. The molecule has 2 heterocycles. The number of hydrogen-bond donors (Lipinski definition) is 0. The minimum atomic E-state index is -4.59. The molecule has 4 nitrogen and oxygen atoms in total. The minimum absolute atomic E-state index is 0.190. The summed E-state index contributed by atoms with van der Waals surface area (Å²) in [6.45, 7) is 0.213. The summed E-state index contributed by atoms with van der Waals surface area (Å²) < 4.78 is 40.2. The van der Waals surface area contributed by atoms with Gasteiger partial charge < -0.3 is 4.90 Å². The lowest BCUT2D eigenvalue weighted by Crippen LogP contribution is -2.38. The van der Waals surface area contributed by atoms with Crippen LogP contribution < -0.4 is 4.90 Å². The highest BCUT2D eigenvalue weighted by atomic mass is 19.4. The van der Waals surface area contributed by atoms with Crippen molar-refractivity contribution in [2.45, 2.75) is 12.6 Å². The van der Waals surface area contributed by atoms with E-state index < -0.39 is 17.8 Å². The number of benzene rings is 1. The van der Waals surface area contributed by atoms with Crippen molar-refractivity contribution < 1.29 is 18.0 Å². The van der Waals surface area contributed by atoms with Gasteiger partial charge in [-0.15, -0.1) is 0 Å². The standard InChI is InChI=1S/C14H12F3N3O/c1-19-8-11(12(18-19)14(15,16)17)20-7-6-9-4-2-3-5-10(9)13(20)21/h2-5,8H,6-7H2,1H3. The molecule has 0 spiro atoms. The van der Waals surface area contributed by atoms with Crippen molar-refractivity contribution in [1.29, 1.82) is 0 Å². The van der Waals surface area contributed by atoms with Gasteiger partial charge in [0.25, 0.3) is 5.91 Å². The van der Waals surface area contributed by atoms with Crippen molar-refractivity contribution in [3.63, 3.8) is 0 Å². The van der Waals surface area contributed by atoms with Crippen molar-refractivity contribution >= 4 is 11.6 Å². The van der Waals surface area contributed by atoms with Crippen molar-refractivity contribution in [3.05, 3.63) is 47.3 Å². The van der Waals surface area contributed by atoms with E-state index in [4.69, 9.17) is 0 Å². The van der Waals surface area contributed by atoms with E-state index in [1.54, 1.807) is 12.1 Å². The molecule has 0 radical (unpaired) electrons. The molecule has 0 bridgehead atoms. The largest absolute Gasteiger partial charge is 0.437 e. The zero-order valence-corrected chi connectivity index (χ0v) is 11.2. The van der Waals surface area contributed by atoms with Gasteiger partial charge in [0.1, 0.15) is 0 Å². The van der Waals surface area contributed by atoms with Crippen LogP contribution in [0.25, 0.3) is 0 Å². The summed E-state index contributed by atoms with van der Waals surface area (Å²) in [7, 11) is 1.40. The maximum Gasteiger partial charge on any atom is 0.437 e. The number of alkyl halides is 3. The second kappa shape index (κ2) is 4.61. The van der Waals surface area contributed by atoms with Gasteiger partial charge in [0, 0.05) is 25.4 Å². The average molecular weight is 295 g/mol. The van der Waals surface area contributed by atoms with Crippen molar-refractivity contribution in [2.75, 3.05) is 11.4 Å². The number of fused-ring (bicyclic) bond motifs is 1. The van der Waals surface area contributed by atoms with Crippen molar-refractivity contribution in [2.24, 2.45) is 7.05 Å². The van der Waals surface area contributed by atoms with Crippen LogP contribution in [0.3, 0.4) is 0 Å². The molecule has 0 saturated heterocycles. The summed E-state index contributed by atoms with van der Waals surface area (Å²) in [5.74, 6) is -0.421. The lowest BCUT2D eigenvalue weighted by atomic mass is 9.99. The van der Waals surface area contributed by atoms with Gasteiger partial charge in [-0.1, -0.05) is 18.2 Å². The lowest BCUT2D eigenvalue weighted by molar-refractivity contribution is -0.140. The van der Waals surface area contributed by atoms with Crippen LogP contribution in [0.2, 0.25) is 0 Å². The highest BCUT2D eigenvalue weighted by Crippen LogP contribution is 2.37. The molecule has 1 aromatic carbocycles. The molecular weight excluding hydrogens is 283 g/mol. The predicted molar refractivity (Wildman–Crippen MR) is 70.0 cm³/mol. The topological polar surface area (TPSA) is 38.1 Å². The highest BCUT2D eigenvalue weighted by molar-refractivity contribution is 6.08. The Kier molecular flexibility index (Phi) is 3.00. The van der Waals surface area contributed by atoms with Crippen LogP contribution in [0.5, 0.6) is 0 Å². The third-order valence-corrected chi connectivity index (χ3v) is 3.47. The smallest absolute Gasteiger partial charge is 0.305 e. The first-order chi connectivity index (χ1) is 9.88. The van der Waals surface area contributed by atoms with E-state index in [2.05, 4.69) is 5.10 Å². The third-order valence-electron chi connectivity index (χ3n) is 3.47. The minimum Gasteiger partial charge on any atom is -0.305 e. The number of halogens is 3. The lowest BCUT2D eigenvalue weighted by Gasteiger charge is -2.28. The Labute approximate surface area is 118 Å². The number of carbonyl (C=O) groups excluding carboxylic acids is 1. The van der Waals surface area contributed by atoms with Gasteiger partial charge in [0.2, 0.25) is 0 Å². The van der Waals surface area contributed by atoms with Crippen molar-refractivity contribution in [3.8, 4) is 0 Å². The van der Waals surface area contributed by atoms with Crippen molar-refractivity contribution in [1.82, 2.24) is 9.78 Å². The molecular formula is C14H12F3N3O. The number of aromatic nitrogens is 2. The number of hydrogen-bond acceptors (Lipinski definition) is 2. The summed E-state index contributed by atoms with van der Waals surface area (Å²) in [6, 6.07) is 6.97. The Balaban J connectivity index is 2.06. The molecule has 21 heavy (non-hydrogen) atoms. The van der Waals surface area contributed by atoms with Crippen LogP contribution >= 0.6 is 0 Å². The SMILES string of the molecule is Cn1cc(N2CCc3ccccc3C2=O)c(C(F)(F)F)n1. The molecule has 0 aliphatic carbocycles. The fourth-order valence-electron chi connectivity index (χ4n) is 2.53.